The van der Waals surface area contributed by atoms with Crippen molar-refractivity contribution in [3.05, 3.63) is 0 Å². The molecule has 0 amide bonds. The zero-order chi connectivity index (χ0) is 10.6. The van der Waals surface area contributed by atoms with E-state index in [1.54, 1.807) is 0 Å². The minimum Gasteiger partial charge on any atom is -0.376 e. The summed E-state index contributed by atoms with van der Waals surface area (Å²) in [6, 6.07) is 0. The first-order valence-corrected chi connectivity index (χ1v) is 6.45. The number of ether oxygens (including phenoxy) is 2. The third-order valence-corrected chi connectivity index (χ3v) is 2.84. The van der Waals surface area contributed by atoms with Crippen LogP contribution in [0.1, 0.15) is 6.42 Å². The third kappa shape index (κ3) is 4.17. The van der Waals surface area contributed by atoms with Crippen molar-refractivity contribution in [2.75, 3.05) is 31.8 Å². The van der Waals surface area contributed by atoms with E-state index in [0.717, 1.165) is 6.26 Å². The molecular weight excluding hydrogens is 208 g/mol. The number of carbonyl (C=O) groups is 1. The molecule has 1 rings (SSSR count). The second kappa shape index (κ2) is 4.86. The monoisotopic (exact) mass is 222 g/mol. The van der Waals surface area contributed by atoms with E-state index in [0.29, 0.717) is 13.2 Å². The molecule has 1 fully saturated rings. The third-order valence-electron chi connectivity index (χ3n) is 1.89. The predicted octanol–water partition coefficient (Wildman–Crippen LogP) is -0.594. The molecule has 1 aliphatic heterocycles. The fourth-order valence-corrected chi connectivity index (χ4v) is 1.69. The SMILES string of the molecule is CS(=O)(=O)CCC(=O)C1COCCO1. The van der Waals surface area contributed by atoms with Crippen molar-refractivity contribution in [2.45, 2.75) is 12.5 Å². The Hall–Kier alpha value is -0.460. The fraction of sp³-hybridized carbons (Fsp3) is 0.875. The van der Waals surface area contributed by atoms with Gasteiger partial charge in [-0.05, 0) is 0 Å². The molecule has 0 aromatic carbocycles. The molecule has 1 saturated heterocycles. The van der Waals surface area contributed by atoms with Gasteiger partial charge < -0.3 is 9.47 Å². The lowest BCUT2D eigenvalue weighted by Crippen LogP contribution is -2.36. The summed E-state index contributed by atoms with van der Waals surface area (Å²) in [5.41, 5.74) is 0. The van der Waals surface area contributed by atoms with Crippen LogP contribution in [0.25, 0.3) is 0 Å². The molecule has 1 aliphatic rings. The van der Waals surface area contributed by atoms with Crippen LogP contribution in [0, 0.1) is 0 Å². The van der Waals surface area contributed by atoms with Gasteiger partial charge in [-0.3, -0.25) is 4.79 Å². The Bertz CT molecular complexity index is 289. The first-order valence-electron chi connectivity index (χ1n) is 4.39. The Morgan fingerprint density at radius 3 is 2.64 bits per heavy atom. The average Bonchev–Trinajstić information content (AvgIpc) is 2.14. The fourth-order valence-electron chi connectivity index (χ4n) is 1.12. The first-order chi connectivity index (χ1) is 6.49. The highest BCUT2D eigenvalue weighted by Gasteiger charge is 2.23. The summed E-state index contributed by atoms with van der Waals surface area (Å²) >= 11 is 0. The Kier molecular flexibility index (Phi) is 4.03. The second-order valence-corrected chi connectivity index (χ2v) is 5.54. The molecule has 1 heterocycles. The molecule has 0 N–H and O–H groups in total. The lowest BCUT2D eigenvalue weighted by atomic mass is 10.2. The Morgan fingerprint density at radius 2 is 2.14 bits per heavy atom. The molecule has 0 saturated carbocycles. The van der Waals surface area contributed by atoms with Crippen LogP contribution in [0.4, 0.5) is 0 Å². The number of sulfone groups is 1. The molecule has 0 aromatic heterocycles. The minimum absolute atomic E-state index is 0.00681. The highest BCUT2D eigenvalue weighted by atomic mass is 32.2. The largest absolute Gasteiger partial charge is 0.376 e. The molecule has 1 unspecified atom stereocenters. The number of carbonyl (C=O) groups excluding carboxylic acids is 1. The van der Waals surface area contributed by atoms with Crippen LogP contribution in [0.5, 0.6) is 0 Å². The highest BCUT2D eigenvalue weighted by Crippen LogP contribution is 2.05. The summed E-state index contributed by atoms with van der Waals surface area (Å²) in [7, 11) is -3.08. The maximum absolute atomic E-state index is 11.4. The van der Waals surface area contributed by atoms with Gasteiger partial charge in [0.05, 0.1) is 25.6 Å². The quantitative estimate of drug-likeness (QED) is 0.635. The van der Waals surface area contributed by atoms with Crippen molar-refractivity contribution in [1.82, 2.24) is 0 Å². The summed E-state index contributed by atoms with van der Waals surface area (Å²) in [6.45, 7) is 1.13. The van der Waals surface area contributed by atoms with Gasteiger partial charge in [0.1, 0.15) is 15.9 Å². The van der Waals surface area contributed by atoms with Crippen LogP contribution in [-0.4, -0.2) is 52.1 Å². The van der Waals surface area contributed by atoms with Gasteiger partial charge in [0.25, 0.3) is 0 Å². The summed E-state index contributed by atoms with van der Waals surface area (Å²) in [5, 5.41) is 0. The molecule has 0 bridgehead atoms. The van der Waals surface area contributed by atoms with Gasteiger partial charge >= 0.3 is 0 Å². The normalized spacial score (nSPS) is 23.4. The van der Waals surface area contributed by atoms with Crippen LogP contribution in [0.3, 0.4) is 0 Å². The Balaban J connectivity index is 2.34. The van der Waals surface area contributed by atoms with E-state index in [4.69, 9.17) is 9.47 Å². The first kappa shape index (κ1) is 11.6. The van der Waals surface area contributed by atoms with Crippen molar-refractivity contribution >= 4 is 15.6 Å². The molecule has 0 aromatic rings. The summed E-state index contributed by atoms with van der Waals surface area (Å²) in [4.78, 5) is 11.4. The summed E-state index contributed by atoms with van der Waals surface area (Å²) < 4.78 is 31.8. The van der Waals surface area contributed by atoms with Crippen molar-refractivity contribution < 1.29 is 22.7 Å². The number of Topliss-reactive ketones (excluding diaryl/α,β-unsaturated/α-hetero) is 1. The Labute approximate surface area is 83.3 Å². The molecule has 14 heavy (non-hydrogen) atoms. The smallest absolute Gasteiger partial charge is 0.164 e. The van der Waals surface area contributed by atoms with E-state index in [1.165, 1.54) is 0 Å². The number of rotatable bonds is 4. The van der Waals surface area contributed by atoms with Crippen LogP contribution in [0.2, 0.25) is 0 Å². The second-order valence-electron chi connectivity index (χ2n) is 3.28. The van der Waals surface area contributed by atoms with E-state index in [1.807, 2.05) is 0 Å². The van der Waals surface area contributed by atoms with Crippen LogP contribution < -0.4 is 0 Å². The van der Waals surface area contributed by atoms with Gasteiger partial charge in [-0.25, -0.2) is 8.42 Å². The standard InChI is InChI=1S/C8H14O5S/c1-14(10,11)5-2-7(9)8-6-12-3-4-13-8/h8H,2-6H2,1H3. The zero-order valence-electron chi connectivity index (χ0n) is 8.06. The summed E-state index contributed by atoms with van der Waals surface area (Å²) in [6.07, 6.45) is 0.538. The maximum atomic E-state index is 11.4. The van der Waals surface area contributed by atoms with Crippen molar-refractivity contribution in [2.24, 2.45) is 0 Å². The van der Waals surface area contributed by atoms with E-state index in [2.05, 4.69) is 0 Å². The molecule has 82 valence electrons. The van der Waals surface area contributed by atoms with Gasteiger partial charge in [-0.15, -0.1) is 0 Å². The van der Waals surface area contributed by atoms with Crippen molar-refractivity contribution in [1.29, 1.82) is 0 Å². The lowest BCUT2D eigenvalue weighted by molar-refractivity contribution is -0.144. The van der Waals surface area contributed by atoms with Gasteiger partial charge in [-0.1, -0.05) is 0 Å². The van der Waals surface area contributed by atoms with E-state index >= 15 is 0 Å². The lowest BCUT2D eigenvalue weighted by Gasteiger charge is -2.21. The molecule has 0 aliphatic carbocycles. The van der Waals surface area contributed by atoms with Crippen molar-refractivity contribution in [3.63, 3.8) is 0 Å². The molecule has 5 nitrogen and oxygen atoms in total. The van der Waals surface area contributed by atoms with Crippen LogP contribution in [0.15, 0.2) is 0 Å². The number of hydrogen-bond donors (Lipinski definition) is 0. The zero-order valence-corrected chi connectivity index (χ0v) is 8.88. The minimum atomic E-state index is -3.08. The van der Waals surface area contributed by atoms with Gasteiger partial charge in [0.2, 0.25) is 0 Å². The van der Waals surface area contributed by atoms with Crippen LogP contribution in [-0.2, 0) is 24.1 Å². The average molecular weight is 222 g/mol. The van der Waals surface area contributed by atoms with Gasteiger partial charge in [0.15, 0.2) is 5.78 Å². The predicted molar refractivity (Wildman–Crippen MR) is 49.9 cm³/mol. The summed E-state index contributed by atoms with van der Waals surface area (Å²) in [5.74, 6) is -0.318. The van der Waals surface area contributed by atoms with Gasteiger partial charge in [-0.2, -0.15) is 0 Å². The molecule has 0 radical (unpaired) electrons. The number of ketones is 1. The van der Waals surface area contributed by atoms with Crippen LogP contribution >= 0.6 is 0 Å². The molecule has 1 atom stereocenters. The Morgan fingerprint density at radius 1 is 1.43 bits per heavy atom. The highest BCUT2D eigenvalue weighted by molar-refractivity contribution is 7.90. The van der Waals surface area contributed by atoms with E-state index in [9.17, 15) is 13.2 Å². The van der Waals surface area contributed by atoms with Crippen molar-refractivity contribution in [3.8, 4) is 0 Å². The van der Waals surface area contributed by atoms with E-state index < -0.39 is 15.9 Å². The molecular formula is C8H14O5S. The maximum Gasteiger partial charge on any atom is 0.164 e. The number of hydrogen-bond acceptors (Lipinski definition) is 5. The van der Waals surface area contributed by atoms with Gasteiger partial charge in [0, 0.05) is 12.7 Å². The molecule has 0 spiro atoms. The molecule has 6 heteroatoms. The topological polar surface area (TPSA) is 69.7 Å². The van der Waals surface area contributed by atoms with E-state index in [-0.39, 0.29) is 24.6 Å².